The van der Waals surface area contributed by atoms with Gasteiger partial charge in [-0.2, -0.15) is 0 Å². The maximum absolute atomic E-state index is 12.9. The zero-order valence-electron chi connectivity index (χ0n) is 75.7. The molecule has 11 atom stereocenters. The largest absolute Gasteiger partial charge is 0.437 e. The minimum atomic E-state index is -0.585. The summed E-state index contributed by atoms with van der Waals surface area (Å²) < 4.78 is 139. The van der Waals surface area contributed by atoms with Crippen LogP contribution in [0.1, 0.15) is 203 Å². The molecule has 0 bridgehead atoms. The number of benzene rings is 11. The van der Waals surface area contributed by atoms with Crippen LogP contribution in [-0.2, 0) is 0 Å². The molecule has 698 valence electrons. The van der Waals surface area contributed by atoms with Crippen LogP contribution in [0.3, 0.4) is 0 Å². The molecule has 129 heavy (non-hydrogen) atoms. The quantitative estimate of drug-likeness (QED) is 0.0187. The van der Waals surface area contributed by atoms with E-state index in [-0.39, 0.29) is 132 Å². The van der Waals surface area contributed by atoms with Gasteiger partial charge in [0.05, 0.1) is 25.3 Å². The summed E-state index contributed by atoms with van der Waals surface area (Å²) in [7, 11) is -2.92. The van der Waals surface area contributed by atoms with E-state index in [0.29, 0.717) is 11.1 Å². The first-order valence-corrected chi connectivity index (χ1v) is 42.1. The Balaban J connectivity index is 0.000000711. The van der Waals surface area contributed by atoms with E-state index in [1.54, 1.807) is 113 Å². The molecule has 11 rings (SSSR count). The molecule has 0 aliphatic heterocycles. The van der Waals surface area contributed by atoms with Crippen molar-refractivity contribution in [3.8, 4) is 0 Å². The van der Waals surface area contributed by atoms with Crippen molar-refractivity contribution >= 4 is 35.3 Å². The Morgan fingerprint density at radius 3 is 0.543 bits per heavy atom. The van der Waals surface area contributed by atoms with Gasteiger partial charge in [-0.15, -0.1) is 0 Å². The van der Waals surface area contributed by atoms with Crippen LogP contribution in [0.2, 0.25) is 34.1 Å². The Kier molecular flexibility index (Phi) is 59.8. The molecular weight excluding hydrogens is 1670 g/mol. The van der Waals surface area contributed by atoms with Crippen molar-refractivity contribution in [3.63, 3.8) is 0 Å². The fourth-order valence-corrected chi connectivity index (χ4v) is 11.4. The highest BCUT2D eigenvalue weighted by Crippen LogP contribution is 2.22. The Labute approximate surface area is 756 Å². The lowest BCUT2D eigenvalue weighted by Gasteiger charge is -2.17. The van der Waals surface area contributed by atoms with Gasteiger partial charge in [0.25, 0.3) is 0 Å². The third-order valence-corrected chi connectivity index (χ3v) is 18.2. The van der Waals surface area contributed by atoms with E-state index in [4.69, 9.17) is 64.7 Å². The highest BCUT2D eigenvalue weighted by atomic mass is 19.2. The number of aliphatic hydroxyl groups excluding tert-OH is 2. The molecular formula is C95H129B5F11N11O7. The lowest BCUT2D eigenvalue weighted by molar-refractivity contribution is 0.267. The van der Waals surface area contributed by atoms with Crippen molar-refractivity contribution in [2.45, 2.75) is 176 Å². The van der Waals surface area contributed by atoms with E-state index in [9.17, 15) is 53.3 Å². The van der Waals surface area contributed by atoms with Gasteiger partial charge < -0.3 is 95.9 Å². The van der Waals surface area contributed by atoms with E-state index in [2.05, 4.69) is 26.1 Å². The summed E-state index contributed by atoms with van der Waals surface area (Å²) >= 11 is 0. The molecule has 0 aromatic heterocycles. The van der Waals surface area contributed by atoms with Gasteiger partial charge in [0.1, 0.15) is 64.0 Å². The van der Waals surface area contributed by atoms with Crippen molar-refractivity contribution in [2.24, 2.45) is 34.4 Å². The molecule has 0 aliphatic carbocycles. The van der Waals surface area contributed by atoms with Crippen molar-refractivity contribution < 1.29 is 83.6 Å². The molecule has 0 saturated heterocycles. The van der Waals surface area contributed by atoms with Crippen LogP contribution >= 0.6 is 0 Å². The molecule has 0 saturated carbocycles. The Morgan fingerprint density at radius 2 is 0.388 bits per heavy atom. The third-order valence-electron chi connectivity index (χ3n) is 18.2. The van der Waals surface area contributed by atoms with Crippen LogP contribution in [0.15, 0.2) is 267 Å². The summed E-state index contributed by atoms with van der Waals surface area (Å²) in [5, 5.41) is 77.1. The lowest BCUT2D eigenvalue weighted by Crippen LogP contribution is -2.34. The van der Waals surface area contributed by atoms with E-state index in [0.717, 1.165) is 62.9 Å². The summed E-state index contributed by atoms with van der Waals surface area (Å²) in [5.74, 6) is -2.81. The van der Waals surface area contributed by atoms with Crippen molar-refractivity contribution in [2.75, 3.05) is 13.2 Å². The molecule has 11 aromatic rings. The Hall–Kier alpha value is -9.75. The van der Waals surface area contributed by atoms with Gasteiger partial charge in [-0.3, -0.25) is 0 Å². The second-order valence-corrected chi connectivity index (χ2v) is 30.1. The summed E-state index contributed by atoms with van der Waals surface area (Å²) in [6.45, 7) is 24.8. The summed E-state index contributed by atoms with van der Waals surface area (Å²) in [6.07, 6.45) is 1.65. The molecule has 11 unspecified atom stereocenters. The van der Waals surface area contributed by atoms with Gasteiger partial charge in [0.15, 0.2) is 0 Å². The highest BCUT2D eigenvalue weighted by molar-refractivity contribution is 6.46. The zero-order valence-corrected chi connectivity index (χ0v) is 75.7. The monoisotopic (exact) mass is 1800 g/mol. The molecule has 0 aliphatic rings. The first-order valence-electron chi connectivity index (χ1n) is 42.1. The van der Waals surface area contributed by atoms with Crippen molar-refractivity contribution in [1.29, 1.82) is 0 Å². The van der Waals surface area contributed by atoms with Gasteiger partial charge in [0.2, 0.25) is 0 Å². The maximum atomic E-state index is 12.9. The van der Waals surface area contributed by atoms with Gasteiger partial charge in [-0.25, -0.2) is 48.3 Å². The Bertz CT molecular complexity index is 4370. The first-order chi connectivity index (χ1) is 60.8. The van der Waals surface area contributed by atoms with Crippen molar-refractivity contribution in [3.05, 3.63) is 392 Å². The van der Waals surface area contributed by atoms with Crippen LogP contribution < -0.4 is 60.5 Å². The van der Waals surface area contributed by atoms with Crippen LogP contribution in [0.4, 0.5) is 48.3 Å². The fourth-order valence-electron chi connectivity index (χ4n) is 11.4. The minimum absolute atomic E-state index is 0.00528. The minimum Gasteiger partial charge on any atom is -0.437 e. The molecule has 0 heterocycles. The van der Waals surface area contributed by atoms with Gasteiger partial charge in [-0.05, 0) is 290 Å². The highest BCUT2D eigenvalue weighted by Gasteiger charge is 2.17. The SMILES string of the molecule is CB(O)NC(C)c1cccc(F)c1.CB(O)NC(C)c1cccc(F)c1.CB(O)NC(C)c1cccc(F)c1.CB(O)NC(C)c1cccc(F)c1.CC(N)c1cccc(F)c1.CC(N)c1cccc(F)c1.CC(N)c1cccc(F)c1.CCC(N)c1cccc(F)c1.CCC(NB(C)O)c1cccc(F)c1.NC(CO)c1cccc(F)c1.NC(CO)c1cccc(F)c1. The van der Waals surface area contributed by atoms with E-state index in [1.165, 1.54) is 133 Å². The van der Waals surface area contributed by atoms with Gasteiger partial charge in [0, 0.05) is 54.4 Å². The van der Waals surface area contributed by atoms with Gasteiger partial charge in [-0.1, -0.05) is 147 Å². The van der Waals surface area contributed by atoms with Crippen molar-refractivity contribution in [1.82, 2.24) is 26.1 Å². The molecule has 0 radical (unpaired) electrons. The first kappa shape index (κ1) is 117. The normalized spacial score (nSPS) is 12.8. The number of halogens is 11. The van der Waals surface area contributed by atoms with E-state index >= 15 is 0 Å². The third kappa shape index (κ3) is 53.9. The molecule has 0 spiro atoms. The average Bonchev–Trinajstić information content (AvgIpc) is 0.922. The zero-order chi connectivity index (χ0) is 97.4. The summed E-state index contributed by atoms with van der Waals surface area (Å²) in [6, 6.07) is 67.6. The predicted octanol–water partition coefficient (Wildman–Crippen LogP) is 17.7. The number of aliphatic hydroxyl groups is 2. The molecule has 34 heteroatoms. The number of hydrogen-bond acceptors (Lipinski definition) is 18. The fraction of sp³-hybridized carbons (Fsp3) is 0.305. The van der Waals surface area contributed by atoms with E-state index in [1.807, 2.05) is 117 Å². The smallest absolute Gasteiger partial charge is 0.374 e. The molecule has 24 N–H and O–H groups in total. The lowest BCUT2D eigenvalue weighted by atomic mass is 9.85. The van der Waals surface area contributed by atoms with Gasteiger partial charge >= 0.3 is 35.3 Å². The van der Waals surface area contributed by atoms with Crippen LogP contribution in [-0.4, -0.2) is 83.8 Å². The number of hydrogen-bond donors (Lipinski definition) is 18. The summed E-state index contributed by atoms with van der Waals surface area (Å²) in [5.41, 5.74) is 41.9. The topological polar surface area (TPSA) is 358 Å². The number of rotatable bonds is 25. The molecule has 0 amide bonds. The van der Waals surface area contributed by atoms with Crippen LogP contribution in [0.5, 0.6) is 0 Å². The molecule has 0 fully saturated rings. The molecule has 18 nitrogen and oxygen atoms in total. The number of nitrogens with one attached hydrogen (secondary N) is 5. The molecule has 11 aromatic carbocycles. The van der Waals surface area contributed by atoms with Crippen LogP contribution in [0, 0.1) is 64.0 Å². The van der Waals surface area contributed by atoms with Crippen LogP contribution in [0.25, 0.3) is 0 Å². The second kappa shape index (κ2) is 65.7. The summed E-state index contributed by atoms with van der Waals surface area (Å²) in [4.78, 5) is 0. The standard InChI is InChI=1S/C10H15BFNO.4C9H13BFNO.C9H12FN.2C8H10FNO.3C8H10FN/c1-3-10(13-11(2)14)8-5-4-6-9(12)7-8;4*1-7(12-10(2)13)8-4-3-5-9(11)6-8;1-2-9(11)7-4-3-5-8(10)6-7;2*9-7-3-1-2-6(4-7)8(10)5-11;3*1-6(10)7-3-2-4-8(9)5-7/h4-7,10,13-14H,3H2,1-2H3;4*3-7,12-13H,1-2H3;3-6,9H,2,11H2,1H3;2*1-4,8,11H,5,10H2;3*2-6H,10H2,1H3. The maximum Gasteiger partial charge on any atom is 0.374 e. The second-order valence-electron chi connectivity index (χ2n) is 30.1. The predicted molar refractivity (Wildman–Crippen MR) is 505 cm³/mol. The number of nitrogens with two attached hydrogens (primary N) is 6. The van der Waals surface area contributed by atoms with E-state index < -0.39 is 47.3 Å². The average molecular weight is 1800 g/mol. The Morgan fingerprint density at radius 1 is 0.233 bits per heavy atom.